The Labute approximate surface area is 141 Å². The van der Waals surface area contributed by atoms with Crippen molar-refractivity contribution in [2.45, 2.75) is 19.5 Å². The molecule has 9 heteroatoms. The van der Waals surface area contributed by atoms with E-state index in [0.717, 1.165) is 18.2 Å². The minimum absolute atomic E-state index is 0.0482. The van der Waals surface area contributed by atoms with E-state index in [1.807, 2.05) is 0 Å². The van der Waals surface area contributed by atoms with Crippen LogP contribution >= 0.6 is 11.6 Å². The number of urea groups is 1. The molecule has 2 atom stereocenters. The third-order valence-electron chi connectivity index (χ3n) is 3.82. The molecule has 1 fully saturated rings. The standard InChI is InChI=1S/C15H16ClF3N2O3/c1-8-4-9(13(22)23)7-21(6-8)14(24)20-12-5-10(16)2-3-11(12)15(17,18)19/h2-3,5,8-9H,4,6-7H2,1H3,(H,20,24)(H,22,23). The monoisotopic (exact) mass is 364 g/mol. The van der Waals surface area contributed by atoms with Gasteiger partial charge < -0.3 is 15.3 Å². The van der Waals surface area contributed by atoms with Gasteiger partial charge in [-0.1, -0.05) is 18.5 Å². The lowest BCUT2D eigenvalue weighted by atomic mass is 9.91. The van der Waals surface area contributed by atoms with E-state index in [2.05, 4.69) is 5.32 Å². The average molecular weight is 365 g/mol. The molecule has 1 aliphatic rings. The number of nitrogens with zero attached hydrogens (tertiary/aromatic N) is 1. The van der Waals surface area contributed by atoms with E-state index in [1.165, 1.54) is 4.90 Å². The molecule has 2 amide bonds. The van der Waals surface area contributed by atoms with E-state index in [0.29, 0.717) is 6.42 Å². The number of alkyl halides is 3. The number of rotatable bonds is 2. The summed E-state index contributed by atoms with van der Waals surface area (Å²) in [5.41, 5.74) is -1.47. The quantitative estimate of drug-likeness (QED) is 0.835. The fraction of sp³-hybridized carbons (Fsp3) is 0.467. The van der Waals surface area contributed by atoms with Gasteiger partial charge in [-0.05, 0) is 30.5 Å². The molecule has 0 spiro atoms. The minimum atomic E-state index is -4.65. The Hall–Kier alpha value is -1.96. The fourth-order valence-electron chi connectivity index (χ4n) is 2.76. The molecule has 0 bridgehead atoms. The molecule has 2 unspecified atom stereocenters. The maximum Gasteiger partial charge on any atom is 0.418 e. The van der Waals surface area contributed by atoms with Crippen molar-refractivity contribution in [2.75, 3.05) is 18.4 Å². The number of carbonyl (C=O) groups excluding carboxylic acids is 1. The number of halogens is 4. The lowest BCUT2D eigenvalue weighted by Crippen LogP contribution is -2.47. The minimum Gasteiger partial charge on any atom is -0.481 e. The van der Waals surface area contributed by atoms with Crippen molar-refractivity contribution in [3.8, 4) is 0 Å². The van der Waals surface area contributed by atoms with Gasteiger partial charge in [0.15, 0.2) is 0 Å². The zero-order valence-corrected chi connectivity index (χ0v) is 13.5. The molecule has 0 aromatic heterocycles. The molecule has 1 aromatic carbocycles. The smallest absolute Gasteiger partial charge is 0.418 e. The summed E-state index contributed by atoms with van der Waals surface area (Å²) >= 11 is 5.71. The maximum atomic E-state index is 13.0. The first-order valence-electron chi connectivity index (χ1n) is 7.23. The van der Waals surface area contributed by atoms with Crippen LogP contribution in [-0.2, 0) is 11.0 Å². The van der Waals surface area contributed by atoms with Gasteiger partial charge in [0.2, 0.25) is 0 Å². The summed E-state index contributed by atoms with van der Waals surface area (Å²) in [7, 11) is 0. The third kappa shape index (κ3) is 4.31. The first kappa shape index (κ1) is 18.4. The summed E-state index contributed by atoms with van der Waals surface area (Å²) in [5.74, 6) is -1.83. The normalized spacial score (nSPS) is 21.5. The number of carboxylic acids is 1. The lowest BCUT2D eigenvalue weighted by molar-refractivity contribution is -0.143. The van der Waals surface area contributed by atoms with Crippen LogP contribution in [0.3, 0.4) is 0 Å². The summed E-state index contributed by atoms with van der Waals surface area (Å²) < 4.78 is 39.1. The predicted octanol–water partition coefficient (Wildman–Crippen LogP) is 3.93. The third-order valence-corrected chi connectivity index (χ3v) is 4.06. The molecule has 0 aliphatic carbocycles. The van der Waals surface area contributed by atoms with Crippen molar-refractivity contribution in [1.82, 2.24) is 4.90 Å². The van der Waals surface area contributed by atoms with Crippen LogP contribution in [0.25, 0.3) is 0 Å². The summed E-state index contributed by atoms with van der Waals surface area (Å²) in [6.45, 7) is 2.01. The van der Waals surface area contributed by atoms with Gasteiger partial charge in [-0.25, -0.2) is 4.79 Å². The number of piperidine rings is 1. The molecule has 1 heterocycles. The van der Waals surface area contributed by atoms with Gasteiger partial charge in [0.25, 0.3) is 0 Å². The van der Waals surface area contributed by atoms with Crippen LogP contribution in [0.1, 0.15) is 18.9 Å². The second kappa shape index (κ2) is 6.88. The van der Waals surface area contributed by atoms with Crippen LogP contribution in [0.15, 0.2) is 18.2 Å². The molecule has 132 valence electrons. The maximum absolute atomic E-state index is 13.0. The molecule has 2 N–H and O–H groups in total. The van der Waals surface area contributed by atoms with Crippen molar-refractivity contribution >= 4 is 29.3 Å². The highest BCUT2D eigenvalue weighted by Crippen LogP contribution is 2.36. The molecule has 0 saturated carbocycles. The largest absolute Gasteiger partial charge is 0.481 e. The Morgan fingerprint density at radius 3 is 2.58 bits per heavy atom. The second-order valence-electron chi connectivity index (χ2n) is 5.90. The Morgan fingerprint density at radius 1 is 1.33 bits per heavy atom. The lowest BCUT2D eigenvalue weighted by Gasteiger charge is -2.34. The molecule has 1 aromatic rings. The number of anilines is 1. The van der Waals surface area contributed by atoms with E-state index < -0.39 is 35.3 Å². The molecule has 0 radical (unpaired) electrons. The highest BCUT2D eigenvalue weighted by Gasteiger charge is 2.36. The van der Waals surface area contributed by atoms with E-state index >= 15 is 0 Å². The van der Waals surface area contributed by atoms with Crippen molar-refractivity contribution in [3.63, 3.8) is 0 Å². The number of carbonyl (C=O) groups is 2. The molecule has 5 nitrogen and oxygen atoms in total. The van der Waals surface area contributed by atoms with Crippen molar-refractivity contribution < 1.29 is 27.9 Å². The van der Waals surface area contributed by atoms with E-state index in [9.17, 15) is 22.8 Å². The molecular weight excluding hydrogens is 349 g/mol. The van der Waals surface area contributed by atoms with Crippen molar-refractivity contribution in [3.05, 3.63) is 28.8 Å². The fourth-order valence-corrected chi connectivity index (χ4v) is 2.93. The number of hydrogen-bond donors (Lipinski definition) is 2. The summed E-state index contributed by atoms with van der Waals surface area (Å²) in [6.07, 6.45) is -4.23. The Morgan fingerprint density at radius 2 is 2.00 bits per heavy atom. The molecule has 24 heavy (non-hydrogen) atoms. The number of aliphatic carboxylic acids is 1. The highest BCUT2D eigenvalue weighted by atomic mass is 35.5. The van der Waals surface area contributed by atoms with Crippen molar-refractivity contribution in [2.24, 2.45) is 11.8 Å². The molecule has 1 saturated heterocycles. The Balaban J connectivity index is 2.20. The SMILES string of the molecule is CC1CC(C(=O)O)CN(C(=O)Nc2cc(Cl)ccc2C(F)(F)F)C1. The van der Waals surface area contributed by atoms with Crippen LogP contribution in [0, 0.1) is 11.8 Å². The summed E-state index contributed by atoms with van der Waals surface area (Å²) in [6, 6.07) is 2.12. The summed E-state index contributed by atoms with van der Waals surface area (Å²) in [4.78, 5) is 24.6. The van der Waals surface area contributed by atoms with Gasteiger partial charge in [-0.2, -0.15) is 13.2 Å². The second-order valence-corrected chi connectivity index (χ2v) is 6.34. The number of carboxylic acid groups (broad SMARTS) is 1. The van der Waals surface area contributed by atoms with Crippen LogP contribution < -0.4 is 5.32 Å². The van der Waals surface area contributed by atoms with Gasteiger partial charge in [-0.3, -0.25) is 4.79 Å². The Bertz CT molecular complexity index is 651. The molecular formula is C15H16ClF3N2O3. The van der Waals surface area contributed by atoms with E-state index in [-0.39, 0.29) is 24.0 Å². The van der Waals surface area contributed by atoms with Crippen LogP contribution in [-0.4, -0.2) is 35.1 Å². The van der Waals surface area contributed by atoms with Crippen molar-refractivity contribution in [1.29, 1.82) is 0 Å². The van der Waals surface area contributed by atoms with E-state index in [1.54, 1.807) is 6.92 Å². The van der Waals surface area contributed by atoms with Crippen LogP contribution in [0.5, 0.6) is 0 Å². The van der Waals surface area contributed by atoms with Crippen LogP contribution in [0.2, 0.25) is 5.02 Å². The average Bonchev–Trinajstić information content (AvgIpc) is 2.45. The first-order valence-corrected chi connectivity index (χ1v) is 7.61. The zero-order chi connectivity index (χ0) is 18.1. The number of amides is 2. The van der Waals surface area contributed by atoms with Crippen LogP contribution in [0.4, 0.5) is 23.7 Å². The topological polar surface area (TPSA) is 69.6 Å². The van der Waals surface area contributed by atoms with Gasteiger partial charge in [0, 0.05) is 18.1 Å². The molecule has 1 aliphatic heterocycles. The Kier molecular flexibility index (Phi) is 5.27. The number of nitrogens with one attached hydrogen (secondary N) is 1. The predicted molar refractivity (Wildman–Crippen MR) is 82.0 cm³/mol. The van der Waals surface area contributed by atoms with E-state index in [4.69, 9.17) is 16.7 Å². The van der Waals surface area contributed by atoms with Gasteiger partial charge >= 0.3 is 18.2 Å². The number of likely N-dealkylation sites (tertiary alicyclic amines) is 1. The number of hydrogen-bond acceptors (Lipinski definition) is 2. The highest BCUT2D eigenvalue weighted by molar-refractivity contribution is 6.31. The van der Waals surface area contributed by atoms with Gasteiger partial charge in [0.05, 0.1) is 17.2 Å². The van der Waals surface area contributed by atoms with Gasteiger partial charge in [-0.15, -0.1) is 0 Å². The van der Waals surface area contributed by atoms with Gasteiger partial charge in [0.1, 0.15) is 0 Å². The zero-order valence-electron chi connectivity index (χ0n) is 12.7. The first-order chi connectivity index (χ1) is 11.1. The summed E-state index contributed by atoms with van der Waals surface area (Å²) in [5, 5.41) is 11.4. The number of benzene rings is 1. The molecule has 2 rings (SSSR count).